The number of nitrogens with zero attached hydrogens (tertiary/aromatic N) is 2. The van der Waals surface area contributed by atoms with Crippen LogP contribution in [0, 0.1) is 11.6 Å². The number of para-hydroxylation sites is 1. The van der Waals surface area contributed by atoms with Gasteiger partial charge in [0.25, 0.3) is 5.91 Å². The van der Waals surface area contributed by atoms with Crippen LogP contribution in [-0.4, -0.2) is 28.9 Å². The van der Waals surface area contributed by atoms with E-state index < -0.39 is 11.6 Å². The van der Waals surface area contributed by atoms with Crippen molar-refractivity contribution in [1.82, 2.24) is 9.88 Å². The smallest absolute Gasteiger partial charge is 0.282 e. The van der Waals surface area contributed by atoms with Gasteiger partial charge in [-0.25, -0.2) is 13.8 Å². The predicted octanol–water partition coefficient (Wildman–Crippen LogP) is 4.59. The number of aromatic nitrogens is 1. The summed E-state index contributed by atoms with van der Waals surface area (Å²) in [7, 11) is 0. The van der Waals surface area contributed by atoms with Crippen molar-refractivity contribution in [2.24, 2.45) is 0 Å². The highest BCUT2D eigenvalue weighted by Gasteiger charge is 2.28. The van der Waals surface area contributed by atoms with Crippen LogP contribution in [0.4, 0.5) is 8.78 Å². The second-order valence-corrected chi connectivity index (χ2v) is 7.27. The van der Waals surface area contributed by atoms with Gasteiger partial charge in [-0.15, -0.1) is 11.3 Å². The van der Waals surface area contributed by atoms with Crippen LogP contribution in [0.5, 0.6) is 0 Å². The Morgan fingerprint density at radius 1 is 1.20 bits per heavy atom. The number of likely N-dealkylation sites (tertiary alicyclic amines) is 1. The van der Waals surface area contributed by atoms with Crippen molar-refractivity contribution in [3.63, 3.8) is 0 Å². The molecular formula is C19H16F2N2OS. The SMILES string of the molecule is O=C(c1nc2ccccc2s1)N1CCCC(c2cc(F)ccc2F)C1. The summed E-state index contributed by atoms with van der Waals surface area (Å²) < 4.78 is 28.5. The summed E-state index contributed by atoms with van der Waals surface area (Å²) in [6.07, 6.45) is 1.50. The number of carbonyl (C=O) groups is 1. The second-order valence-electron chi connectivity index (χ2n) is 6.24. The summed E-state index contributed by atoms with van der Waals surface area (Å²) in [5.41, 5.74) is 1.15. The number of hydrogen-bond donors (Lipinski definition) is 0. The molecule has 1 amide bonds. The molecule has 1 aliphatic heterocycles. The Morgan fingerprint density at radius 2 is 2.04 bits per heavy atom. The van der Waals surface area contributed by atoms with E-state index in [1.807, 2.05) is 24.3 Å². The van der Waals surface area contributed by atoms with Crippen molar-refractivity contribution < 1.29 is 13.6 Å². The molecule has 0 spiro atoms. The minimum atomic E-state index is -0.453. The third-order valence-corrected chi connectivity index (χ3v) is 5.61. The van der Waals surface area contributed by atoms with Crippen molar-refractivity contribution >= 4 is 27.5 Å². The van der Waals surface area contributed by atoms with Gasteiger partial charge >= 0.3 is 0 Å². The van der Waals surface area contributed by atoms with Gasteiger partial charge in [-0.2, -0.15) is 0 Å². The zero-order valence-corrected chi connectivity index (χ0v) is 14.2. The molecule has 4 rings (SSSR count). The maximum absolute atomic E-state index is 14.1. The zero-order valence-electron chi connectivity index (χ0n) is 13.4. The molecule has 3 nitrogen and oxygen atoms in total. The van der Waals surface area contributed by atoms with E-state index in [9.17, 15) is 13.6 Å². The number of halogens is 2. The molecule has 6 heteroatoms. The Kier molecular flexibility index (Phi) is 4.21. The first-order valence-electron chi connectivity index (χ1n) is 8.21. The number of fused-ring (bicyclic) bond motifs is 1. The van der Waals surface area contributed by atoms with E-state index in [0.29, 0.717) is 23.7 Å². The van der Waals surface area contributed by atoms with Gasteiger partial charge in [-0.3, -0.25) is 4.79 Å². The molecule has 1 unspecified atom stereocenters. The van der Waals surface area contributed by atoms with E-state index in [4.69, 9.17) is 0 Å². The lowest BCUT2D eigenvalue weighted by Crippen LogP contribution is -2.39. The number of hydrogen-bond acceptors (Lipinski definition) is 3. The molecule has 2 heterocycles. The molecule has 25 heavy (non-hydrogen) atoms. The van der Waals surface area contributed by atoms with Crippen LogP contribution >= 0.6 is 11.3 Å². The summed E-state index contributed by atoms with van der Waals surface area (Å²) in [6.45, 7) is 0.997. The van der Waals surface area contributed by atoms with Gasteiger partial charge in [0.05, 0.1) is 10.2 Å². The molecule has 1 fully saturated rings. The summed E-state index contributed by atoms with van der Waals surface area (Å²) in [5, 5.41) is 0.446. The zero-order chi connectivity index (χ0) is 17.4. The van der Waals surface area contributed by atoms with Crippen molar-refractivity contribution in [3.8, 4) is 0 Å². The van der Waals surface area contributed by atoms with Crippen molar-refractivity contribution in [2.45, 2.75) is 18.8 Å². The molecule has 1 saturated heterocycles. The molecule has 0 bridgehead atoms. The molecule has 1 atom stereocenters. The van der Waals surface area contributed by atoms with Gasteiger partial charge in [0.15, 0.2) is 5.01 Å². The highest BCUT2D eigenvalue weighted by atomic mass is 32.1. The normalized spacial score (nSPS) is 17.8. The predicted molar refractivity (Wildman–Crippen MR) is 93.9 cm³/mol. The average molecular weight is 358 g/mol. The lowest BCUT2D eigenvalue weighted by atomic mass is 9.90. The second kappa shape index (κ2) is 6.52. The van der Waals surface area contributed by atoms with Gasteiger partial charge in [-0.1, -0.05) is 12.1 Å². The fourth-order valence-corrected chi connectivity index (χ4v) is 4.28. The number of amides is 1. The number of rotatable bonds is 2. The first-order chi connectivity index (χ1) is 12.1. The topological polar surface area (TPSA) is 33.2 Å². The molecule has 0 radical (unpaired) electrons. The maximum atomic E-state index is 14.1. The maximum Gasteiger partial charge on any atom is 0.282 e. The highest BCUT2D eigenvalue weighted by molar-refractivity contribution is 7.20. The minimum Gasteiger partial charge on any atom is -0.336 e. The lowest BCUT2D eigenvalue weighted by Gasteiger charge is -2.32. The molecular weight excluding hydrogens is 342 g/mol. The number of thiazole rings is 1. The molecule has 0 aliphatic carbocycles. The molecule has 0 saturated carbocycles. The first-order valence-corrected chi connectivity index (χ1v) is 9.03. The van der Waals surface area contributed by atoms with Crippen LogP contribution in [0.25, 0.3) is 10.2 Å². The summed E-state index contributed by atoms with van der Waals surface area (Å²) in [5.74, 6) is -1.20. The molecule has 2 aromatic carbocycles. The van der Waals surface area contributed by atoms with Crippen molar-refractivity contribution in [2.75, 3.05) is 13.1 Å². The standard InChI is InChI=1S/C19H16F2N2OS/c20-13-7-8-15(21)14(10-13)12-4-3-9-23(11-12)19(24)18-22-16-5-1-2-6-17(16)25-18/h1-2,5-8,10,12H,3-4,9,11H2. The minimum absolute atomic E-state index is 0.136. The summed E-state index contributed by atoms with van der Waals surface area (Å²) in [6, 6.07) is 11.1. The molecule has 0 N–H and O–H groups in total. The molecule has 3 aromatic rings. The van der Waals surface area contributed by atoms with E-state index in [-0.39, 0.29) is 11.8 Å². The van der Waals surface area contributed by atoms with E-state index in [0.717, 1.165) is 35.2 Å². The van der Waals surface area contributed by atoms with Crippen LogP contribution in [0.3, 0.4) is 0 Å². The summed E-state index contributed by atoms with van der Waals surface area (Å²) in [4.78, 5) is 18.9. The van der Waals surface area contributed by atoms with Gasteiger partial charge in [-0.05, 0) is 48.7 Å². The fourth-order valence-electron chi connectivity index (χ4n) is 3.34. The lowest BCUT2D eigenvalue weighted by molar-refractivity contribution is 0.0705. The van der Waals surface area contributed by atoms with Crippen LogP contribution < -0.4 is 0 Å². The number of carbonyl (C=O) groups excluding carboxylic acids is 1. The van der Waals surface area contributed by atoms with E-state index in [1.54, 1.807) is 4.90 Å². The fraction of sp³-hybridized carbons (Fsp3) is 0.263. The van der Waals surface area contributed by atoms with Gasteiger partial charge in [0.1, 0.15) is 11.6 Å². The average Bonchev–Trinajstić information content (AvgIpc) is 3.07. The van der Waals surface area contributed by atoms with Gasteiger partial charge in [0.2, 0.25) is 0 Å². The third kappa shape index (κ3) is 3.14. The molecule has 1 aliphatic rings. The van der Waals surface area contributed by atoms with Crippen LogP contribution in [0.2, 0.25) is 0 Å². The largest absolute Gasteiger partial charge is 0.336 e. The third-order valence-electron chi connectivity index (χ3n) is 4.58. The Morgan fingerprint density at radius 3 is 2.88 bits per heavy atom. The Balaban J connectivity index is 1.58. The van der Waals surface area contributed by atoms with Crippen LogP contribution in [-0.2, 0) is 0 Å². The first kappa shape index (κ1) is 16.1. The van der Waals surface area contributed by atoms with Crippen molar-refractivity contribution in [3.05, 3.63) is 64.7 Å². The quantitative estimate of drug-likeness (QED) is 0.671. The van der Waals surface area contributed by atoms with Crippen molar-refractivity contribution in [1.29, 1.82) is 0 Å². The Bertz CT molecular complexity index is 907. The highest BCUT2D eigenvalue weighted by Crippen LogP contribution is 2.31. The molecule has 128 valence electrons. The Hall–Kier alpha value is -2.34. The monoisotopic (exact) mass is 358 g/mol. The van der Waals surface area contributed by atoms with E-state index in [2.05, 4.69) is 4.98 Å². The number of piperidine rings is 1. The van der Waals surface area contributed by atoms with Gasteiger partial charge in [0, 0.05) is 19.0 Å². The van der Waals surface area contributed by atoms with E-state index >= 15 is 0 Å². The molecule has 1 aromatic heterocycles. The van der Waals surface area contributed by atoms with Crippen LogP contribution in [0.15, 0.2) is 42.5 Å². The van der Waals surface area contributed by atoms with Crippen LogP contribution in [0.1, 0.15) is 34.1 Å². The number of benzene rings is 2. The van der Waals surface area contributed by atoms with E-state index in [1.165, 1.54) is 17.4 Å². The Labute approximate surface area is 147 Å². The van der Waals surface area contributed by atoms with Gasteiger partial charge < -0.3 is 4.90 Å². The summed E-state index contributed by atoms with van der Waals surface area (Å²) >= 11 is 1.37.